The lowest BCUT2D eigenvalue weighted by atomic mass is 10.2. The van der Waals surface area contributed by atoms with E-state index in [1.54, 1.807) is 12.1 Å². The maximum absolute atomic E-state index is 12.7. The van der Waals surface area contributed by atoms with E-state index in [1.165, 1.54) is 42.5 Å². The molecule has 11 nitrogen and oxygen atoms in total. The maximum atomic E-state index is 12.7. The third-order valence-electron chi connectivity index (χ3n) is 5.00. The van der Waals surface area contributed by atoms with E-state index in [0.29, 0.717) is 5.75 Å². The number of ether oxygens (including phenoxy) is 2. The van der Waals surface area contributed by atoms with Crippen molar-refractivity contribution in [3.63, 3.8) is 0 Å². The summed E-state index contributed by atoms with van der Waals surface area (Å²) in [4.78, 5) is 33.7. The van der Waals surface area contributed by atoms with Gasteiger partial charge < -0.3 is 19.2 Å². The number of carbonyl (C=O) groups is 1. The topological polar surface area (TPSA) is 147 Å². The predicted molar refractivity (Wildman–Crippen MR) is 133 cm³/mol. The van der Waals surface area contributed by atoms with Gasteiger partial charge in [-0.15, -0.1) is 0 Å². The van der Waals surface area contributed by atoms with Gasteiger partial charge >= 0.3 is 0 Å². The van der Waals surface area contributed by atoms with Gasteiger partial charge in [-0.25, -0.2) is 0 Å². The normalized spacial score (nSPS) is 10.5. The maximum Gasteiger partial charge on any atom is 0.291 e. The van der Waals surface area contributed by atoms with Crippen LogP contribution in [-0.4, -0.2) is 15.8 Å². The highest BCUT2D eigenvalue weighted by atomic mass is 35.5. The van der Waals surface area contributed by atoms with E-state index in [0.717, 1.165) is 11.6 Å². The van der Waals surface area contributed by atoms with Crippen LogP contribution in [0.2, 0.25) is 5.02 Å². The molecule has 3 aromatic carbocycles. The fraction of sp³-hybridized carbons (Fsp3) is 0.0800. The van der Waals surface area contributed by atoms with E-state index in [1.807, 2.05) is 19.1 Å². The van der Waals surface area contributed by atoms with E-state index in [9.17, 15) is 25.0 Å². The van der Waals surface area contributed by atoms with Gasteiger partial charge in [0.2, 0.25) is 0 Å². The van der Waals surface area contributed by atoms with Crippen molar-refractivity contribution >= 4 is 34.6 Å². The summed E-state index contributed by atoms with van der Waals surface area (Å²) in [6, 6.07) is 17.7. The Morgan fingerprint density at radius 2 is 1.65 bits per heavy atom. The molecule has 4 aromatic rings. The number of nitro groups is 2. The van der Waals surface area contributed by atoms with Gasteiger partial charge in [-0.05, 0) is 37.3 Å². The Kier molecular flexibility index (Phi) is 7.35. The zero-order chi connectivity index (χ0) is 26.5. The Morgan fingerprint density at radius 1 is 0.919 bits per heavy atom. The van der Waals surface area contributed by atoms with Crippen molar-refractivity contribution < 1.29 is 28.5 Å². The minimum Gasteiger partial charge on any atom is -0.484 e. The largest absolute Gasteiger partial charge is 0.484 e. The number of nitrogens with zero attached hydrogens (tertiary/aromatic N) is 2. The molecule has 1 amide bonds. The number of hydrogen-bond acceptors (Lipinski definition) is 8. The number of nitro benzene ring substituents is 2. The monoisotopic (exact) mass is 523 g/mol. The van der Waals surface area contributed by atoms with Crippen molar-refractivity contribution in [1.82, 2.24) is 0 Å². The molecule has 37 heavy (non-hydrogen) atoms. The molecule has 0 aliphatic carbocycles. The van der Waals surface area contributed by atoms with Gasteiger partial charge in [0.1, 0.15) is 29.6 Å². The first-order valence-electron chi connectivity index (χ1n) is 10.7. The number of aryl methyl sites for hydroxylation is 1. The first-order valence-corrected chi connectivity index (χ1v) is 11.1. The molecule has 1 N–H and O–H groups in total. The lowest BCUT2D eigenvalue weighted by Crippen LogP contribution is -2.11. The van der Waals surface area contributed by atoms with Gasteiger partial charge in [0.15, 0.2) is 5.76 Å². The molecule has 0 saturated heterocycles. The van der Waals surface area contributed by atoms with Crippen molar-refractivity contribution in [1.29, 1.82) is 0 Å². The van der Waals surface area contributed by atoms with E-state index in [2.05, 4.69) is 5.32 Å². The molecule has 0 radical (unpaired) electrons. The molecule has 1 heterocycles. The van der Waals surface area contributed by atoms with Gasteiger partial charge in [-0.2, -0.15) is 0 Å². The molecule has 4 rings (SSSR count). The van der Waals surface area contributed by atoms with Crippen molar-refractivity contribution in [2.45, 2.75) is 13.5 Å². The number of anilines is 1. The third-order valence-corrected chi connectivity index (χ3v) is 5.29. The second-order valence-electron chi connectivity index (χ2n) is 7.77. The molecule has 0 saturated carbocycles. The van der Waals surface area contributed by atoms with Crippen molar-refractivity contribution in [2.24, 2.45) is 0 Å². The number of non-ortho nitro benzene ring substituents is 2. The van der Waals surface area contributed by atoms with Crippen LogP contribution in [0.4, 0.5) is 17.1 Å². The van der Waals surface area contributed by atoms with Crippen LogP contribution in [0.3, 0.4) is 0 Å². The highest BCUT2D eigenvalue weighted by molar-refractivity contribution is 6.32. The fourth-order valence-corrected chi connectivity index (χ4v) is 3.43. The Bertz CT molecular complexity index is 1480. The Balaban J connectivity index is 1.44. The van der Waals surface area contributed by atoms with Crippen LogP contribution >= 0.6 is 11.6 Å². The summed E-state index contributed by atoms with van der Waals surface area (Å²) in [7, 11) is 0. The zero-order valence-corrected chi connectivity index (χ0v) is 19.9. The highest BCUT2D eigenvalue weighted by Crippen LogP contribution is 2.31. The molecule has 0 spiro atoms. The number of rotatable bonds is 9. The molecule has 0 unspecified atom stereocenters. The number of nitrogens with one attached hydrogen (secondary N) is 1. The number of carbonyl (C=O) groups excluding carboxylic acids is 1. The highest BCUT2D eigenvalue weighted by Gasteiger charge is 2.17. The van der Waals surface area contributed by atoms with E-state index in [-0.39, 0.29) is 51.7 Å². The molecule has 0 atom stereocenters. The quantitative estimate of drug-likeness (QED) is 0.188. The summed E-state index contributed by atoms with van der Waals surface area (Å²) in [5.41, 5.74) is 0.711. The number of benzene rings is 3. The van der Waals surface area contributed by atoms with Gasteiger partial charge in [-0.1, -0.05) is 29.3 Å². The standard InChI is InChI=1S/C25H18ClN3O8/c1-15-2-5-19(6-3-15)36-21-11-16(10-18(12-21)29(33)34)27-25(30)24-9-7-20(37-24)14-35-23-8-4-17(28(31)32)13-22(23)26/h2-13H,14H2,1H3,(H,27,30). The number of hydrogen-bond donors (Lipinski definition) is 1. The van der Waals surface area contributed by atoms with Crippen molar-refractivity contribution in [3.05, 3.63) is 115 Å². The van der Waals surface area contributed by atoms with Crippen LogP contribution in [0.1, 0.15) is 21.9 Å². The first kappa shape index (κ1) is 25.2. The van der Waals surface area contributed by atoms with Crippen molar-refractivity contribution in [2.75, 3.05) is 5.32 Å². The lowest BCUT2D eigenvalue weighted by molar-refractivity contribution is -0.385. The first-order chi connectivity index (χ1) is 17.7. The summed E-state index contributed by atoms with van der Waals surface area (Å²) in [6.45, 7) is 1.82. The molecule has 0 aliphatic rings. The van der Waals surface area contributed by atoms with E-state index in [4.69, 9.17) is 25.5 Å². The van der Waals surface area contributed by atoms with Crippen LogP contribution in [0.25, 0.3) is 0 Å². The number of halogens is 1. The Labute approximate surface area is 214 Å². The third kappa shape index (κ3) is 6.41. The minimum absolute atomic E-state index is 0.0491. The molecule has 188 valence electrons. The van der Waals surface area contributed by atoms with Gasteiger partial charge in [0, 0.05) is 24.3 Å². The second kappa shape index (κ2) is 10.8. The second-order valence-corrected chi connectivity index (χ2v) is 8.18. The lowest BCUT2D eigenvalue weighted by Gasteiger charge is -2.09. The SMILES string of the molecule is Cc1ccc(Oc2cc(NC(=O)c3ccc(COc4ccc([N+](=O)[O-])cc4Cl)o3)cc([N+](=O)[O-])c2)cc1. The molecule has 0 fully saturated rings. The van der Waals surface area contributed by atoms with E-state index >= 15 is 0 Å². The van der Waals surface area contributed by atoms with Crippen LogP contribution in [0.5, 0.6) is 17.2 Å². The van der Waals surface area contributed by atoms with Gasteiger partial charge in [0.25, 0.3) is 17.3 Å². The summed E-state index contributed by atoms with van der Waals surface area (Å²) in [6.07, 6.45) is 0. The van der Waals surface area contributed by atoms with Crippen molar-refractivity contribution in [3.8, 4) is 17.2 Å². The summed E-state index contributed by atoms with van der Waals surface area (Å²) in [5, 5.41) is 24.8. The van der Waals surface area contributed by atoms with Gasteiger partial charge in [0.05, 0.1) is 26.6 Å². The smallest absolute Gasteiger partial charge is 0.291 e. The number of amides is 1. The van der Waals surface area contributed by atoms with Gasteiger partial charge in [-0.3, -0.25) is 25.0 Å². The zero-order valence-electron chi connectivity index (χ0n) is 19.2. The molecule has 0 aliphatic heterocycles. The van der Waals surface area contributed by atoms with Crippen LogP contribution in [0, 0.1) is 27.2 Å². The number of furan rings is 1. The van der Waals surface area contributed by atoms with Crippen LogP contribution in [0.15, 0.2) is 77.2 Å². The average molecular weight is 524 g/mol. The average Bonchev–Trinajstić information content (AvgIpc) is 3.34. The molecule has 0 bridgehead atoms. The summed E-state index contributed by atoms with van der Waals surface area (Å²) < 4.78 is 16.7. The Morgan fingerprint density at radius 3 is 2.32 bits per heavy atom. The molecular formula is C25H18ClN3O8. The van der Waals surface area contributed by atoms with E-state index < -0.39 is 15.8 Å². The summed E-state index contributed by atoms with van der Waals surface area (Å²) >= 11 is 6.01. The minimum atomic E-state index is -0.651. The molecule has 12 heteroatoms. The summed E-state index contributed by atoms with van der Waals surface area (Å²) in [5.74, 6) is 0.408. The molecule has 1 aromatic heterocycles. The molecular weight excluding hydrogens is 506 g/mol. The fourth-order valence-electron chi connectivity index (χ4n) is 3.20. The van der Waals surface area contributed by atoms with Crippen LogP contribution in [-0.2, 0) is 6.61 Å². The van der Waals surface area contributed by atoms with Crippen LogP contribution < -0.4 is 14.8 Å². The Hall–Kier alpha value is -4.90. The predicted octanol–water partition coefficient (Wildman–Crippen LogP) is 6.68.